The molecule has 0 unspecified atom stereocenters. The number of halogens is 1. The third-order valence-electron chi connectivity index (χ3n) is 3.16. The standard InChI is InChI=1S/C12H11BrN2O5/c13-7-1-2-9(10(5-7)15(19)20)14-4-3-8(16)6-11(14)12(17)18/h1-2,5,11H,3-4,6H2,(H,17,18)/t11-/m0/s1. The summed E-state index contributed by atoms with van der Waals surface area (Å²) in [5.41, 5.74) is 0.0399. The van der Waals surface area contributed by atoms with Crippen LogP contribution in [-0.2, 0) is 9.59 Å². The molecule has 1 saturated heterocycles. The maximum Gasteiger partial charge on any atom is 0.326 e. The van der Waals surface area contributed by atoms with Gasteiger partial charge in [-0.25, -0.2) is 4.79 Å². The van der Waals surface area contributed by atoms with E-state index in [0.717, 1.165) is 0 Å². The fourth-order valence-electron chi connectivity index (χ4n) is 2.22. The Morgan fingerprint density at radius 3 is 2.80 bits per heavy atom. The first-order valence-corrected chi connectivity index (χ1v) is 6.64. The van der Waals surface area contributed by atoms with Crippen molar-refractivity contribution in [2.45, 2.75) is 18.9 Å². The fourth-order valence-corrected chi connectivity index (χ4v) is 2.57. The lowest BCUT2D eigenvalue weighted by molar-refractivity contribution is -0.384. The largest absolute Gasteiger partial charge is 0.480 e. The molecule has 1 N–H and O–H groups in total. The Hall–Kier alpha value is -1.96. The maximum absolute atomic E-state index is 11.4. The minimum absolute atomic E-state index is 0.136. The quantitative estimate of drug-likeness (QED) is 0.665. The van der Waals surface area contributed by atoms with Gasteiger partial charge in [-0.1, -0.05) is 15.9 Å². The van der Waals surface area contributed by atoms with Gasteiger partial charge in [-0.3, -0.25) is 14.9 Å². The normalized spacial score (nSPS) is 18.9. The smallest absolute Gasteiger partial charge is 0.326 e. The topological polar surface area (TPSA) is 101 Å². The highest BCUT2D eigenvalue weighted by atomic mass is 79.9. The molecule has 7 nitrogen and oxygen atoms in total. The lowest BCUT2D eigenvalue weighted by atomic mass is 9.99. The number of ketones is 1. The van der Waals surface area contributed by atoms with Gasteiger partial charge >= 0.3 is 5.97 Å². The molecule has 0 saturated carbocycles. The molecule has 20 heavy (non-hydrogen) atoms. The van der Waals surface area contributed by atoms with Gasteiger partial charge < -0.3 is 10.0 Å². The molecule has 8 heteroatoms. The molecule has 1 aromatic rings. The second-order valence-corrected chi connectivity index (χ2v) is 5.35. The number of hydrogen-bond donors (Lipinski definition) is 1. The molecule has 1 aliphatic heterocycles. The van der Waals surface area contributed by atoms with Crippen molar-refractivity contribution in [3.05, 3.63) is 32.8 Å². The molecule has 1 heterocycles. The van der Waals surface area contributed by atoms with E-state index in [9.17, 15) is 24.8 Å². The molecule has 0 aromatic heterocycles. The summed E-state index contributed by atoms with van der Waals surface area (Å²) in [6, 6.07) is 3.37. The molecule has 0 amide bonds. The Bertz CT molecular complexity index is 589. The monoisotopic (exact) mass is 342 g/mol. The van der Waals surface area contributed by atoms with E-state index >= 15 is 0 Å². The minimum atomic E-state index is -1.16. The zero-order valence-electron chi connectivity index (χ0n) is 10.3. The van der Waals surface area contributed by atoms with Crippen molar-refractivity contribution in [2.75, 3.05) is 11.4 Å². The van der Waals surface area contributed by atoms with Crippen molar-refractivity contribution < 1.29 is 19.6 Å². The van der Waals surface area contributed by atoms with Crippen molar-refractivity contribution in [3.8, 4) is 0 Å². The van der Waals surface area contributed by atoms with E-state index in [1.165, 1.54) is 17.0 Å². The van der Waals surface area contributed by atoms with E-state index in [1.807, 2.05) is 0 Å². The number of nitro groups is 1. The Balaban J connectivity index is 2.46. The van der Waals surface area contributed by atoms with Crippen LogP contribution in [0.4, 0.5) is 11.4 Å². The second-order valence-electron chi connectivity index (χ2n) is 4.43. The molecule has 0 spiro atoms. The Morgan fingerprint density at radius 2 is 2.20 bits per heavy atom. The van der Waals surface area contributed by atoms with Crippen LogP contribution in [0, 0.1) is 10.1 Å². The second kappa shape index (κ2) is 5.58. The summed E-state index contributed by atoms with van der Waals surface area (Å²) in [7, 11) is 0. The summed E-state index contributed by atoms with van der Waals surface area (Å²) < 4.78 is 0.535. The zero-order chi connectivity index (χ0) is 14.9. The van der Waals surface area contributed by atoms with Gasteiger partial charge in [-0.2, -0.15) is 0 Å². The van der Waals surface area contributed by atoms with Crippen LogP contribution >= 0.6 is 15.9 Å². The molecular weight excluding hydrogens is 332 g/mol. The Labute approximate surface area is 122 Å². The van der Waals surface area contributed by atoms with E-state index in [2.05, 4.69) is 15.9 Å². The summed E-state index contributed by atoms with van der Waals surface area (Å²) in [5.74, 6) is -1.30. The minimum Gasteiger partial charge on any atom is -0.480 e. The summed E-state index contributed by atoms with van der Waals surface area (Å²) >= 11 is 3.15. The summed E-state index contributed by atoms with van der Waals surface area (Å²) in [4.78, 5) is 34.6. The molecule has 106 valence electrons. The number of anilines is 1. The molecular formula is C12H11BrN2O5. The number of hydrogen-bond acceptors (Lipinski definition) is 5. The highest BCUT2D eigenvalue weighted by Crippen LogP contribution is 2.34. The van der Waals surface area contributed by atoms with Crippen molar-refractivity contribution in [1.82, 2.24) is 0 Å². The number of rotatable bonds is 3. The Kier molecular flexibility index (Phi) is 4.03. The van der Waals surface area contributed by atoms with Crippen molar-refractivity contribution >= 4 is 39.1 Å². The first kappa shape index (κ1) is 14.4. The number of carbonyl (C=O) groups excluding carboxylic acids is 1. The van der Waals surface area contributed by atoms with Crippen LogP contribution < -0.4 is 4.90 Å². The summed E-state index contributed by atoms with van der Waals surface area (Å²) in [5, 5.41) is 20.3. The van der Waals surface area contributed by atoms with E-state index in [1.54, 1.807) is 6.07 Å². The highest BCUT2D eigenvalue weighted by Gasteiger charge is 2.35. The number of aliphatic carboxylic acids is 1. The lowest BCUT2D eigenvalue weighted by Gasteiger charge is -2.33. The van der Waals surface area contributed by atoms with Gasteiger partial charge in [0.15, 0.2) is 0 Å². The molecule has 1 aliphatic rings. The van der Waals surface area contributed by atoms with E-state index < -0.39 is 16.9 Å². The van der Waals surface area contributed by atoms with Gasteiger partial charge in [-0.15, -0.1) is 0 Å². The van der Waals surface area contributed by atoms with Gasteiger partial charge in [0.05, 0.1) is 4.92 Å². The van der Waals surface area contributed by atoms with Crippen LogP contribution in [0.1, 0.15) is 12.8 Å². The zero-order valence-corrected chi connectivity index (χ0v) is 11.9. The first-order chi connectivity index (χ1) is 9.40. The van der Waals surface area contributed by atoms with Gasteiger partial charge in [0.25, 0.3) is 5.69 Å². The van der Waals surface area contributed by atoms with Crippen LogP contribution in [-0.4, -0.2) is 34.4 Å². The van der Waals surface area contributed by atoms with Gasteiger partial charge in [0.1, 0.15) is 17.5 Å². The van der Waals surface area contributed by atoms with Crippen LogP contribution in [0.25, 0.3) is 0 Å². The van der Waals surface area contributed by atoms with E-state index in [0.29, 0.717) is 4.47 Å². The SMILES string of the molecule is O=C1CCN(c2ccc(Br)cc2[N+](=O)[O-])[C@H](C(=O)O)C1. The van der Waals surface area contributed by atoms with Crippen LogP contribution in [0.3, 0.4) is 0 Å². The average Bonchev–Trinajstić information content (AvgIpc) is 2.38. The summed E-state index contributed by atoms with van der Waals surface area (Å²) in [6.45, 7) is 0.165. The van der Waals surface area contributed by atoms with Crippen molar-refractivity contribution in [2.24, 2.45) is 0 Å². The number of piperidine rings is 1. The predicted molar refractivity (Wildman–Crippen MR) is 73.8 cm³/mol. The highest BCUT2D eigenvalue weighted by molar-refractivity contribution is 9.10. The Morgan fingerprint density at radius 1 is 1.50 bits per heavy atom. The van der Waals surface area contributed by atoms with E-state index in [-0.39, 0.29) is 36.5 Å². The number of carboxylic acids is 1. The molecule has 0 radical (unpaired) electrons. The van der Waals surface area contributed by atoms with Crippen LogP contribution in [0.2, 0.25) is 0 Å². The van der Waals surface area contributed by atoms with Gasteiger partial charge in [-0.05, 0) is 12.1 Å². The molecule has 1 aromatic carbocycles. The number of nitro benzene ring substituents is 1. The number of benzene rings is 1. The van der Waals surface area contributed by atoms with Crippen molar-refractivity contribution in [1.29, 1.82) is 0 Å². The van der Waals surface area contributed by atoms with Crippen LogP contribution in [0.15, 0.2) is 22.7 Å². The number of carbonyl (C=O) groups is 2. The maximum atomic E-state index is 11.4. The number of nitrogens with zero attached hydrogens (tertiary/aromatic N) is 2. The fraction of sp³-hybridized carbons (Fsp3) is 0.333. The van der Waals surface area contributed by atoms with Crippen molar-refractivity contribution in [3.63, 3.8) is 0 Å². The molecule has 0 bridgehead atoms. The number of carboxylic acid groups (broad SMARTS) is 1. The van der Waals surface area contributed by atoms with Gasteiger partial charge in [0.2, 0.25) is 0 Å². The molecule has 0 aliphatic carbocycles. The predicted octanol–water partition coefficient (Wildman–Crippen LogP) is 1.98. The average molecular weight is 343 g/mol. The van der Waals surface area contributed by atoms with Crippen LogP contribution in [0.5, 0.6) is 0 Å². The first-order valence-electron chi connectivity index (χ1n) is 5.85. The molecule has 1 fully saturated rings. The third-order valence-corrected chi connectivity index (χ3v) is 3.65. The molecule has 1 atom stereocenters. The third kappa shape index (κ3) is 2.79. The van der Waals surface area contributed by atoms with Gasteiger partial charge in [0, 0.05) is 29.9 Å². The summed E-state index contributed by atoms with van der Waals surface area (Å²) in [6.07, 6.45) is 0.0551. The van der Waals surface area contributed by atoms with E-state index in [4.69, 9.17) is 0 Å². The number of Topliss-reactive ketones (excluding diaryl/α,β-unsaturated/α-hetero) is 1. The molecule has 2 rings (SSSR count). The lowest BCUT2D eigenvalue weighted by Crippen LogP contribution is -2.47.